The van der Waals surface area contributed by atoms with E-state index in [0.717, 1.165) is 44.5 Å². The van der Waals surface area contributed by atoms with Crippen LogP contribution in [0.4, 0.5) is 5.82 Å². The van der Waals surface area contributed by atoms with E-state index in [1.54, 1.807) is 0 Å². The van der Waals surface area contributed by atoms with Crippen LogP contribution in [0.25, 0.3) is 0 Å². The molecule has 1 unspecified atom stereocenters. The Morgan fingerprint density at radius 2 is 2.23 bits per heavy atom. The Morgan fingerprint density at radius 3 is 2.95 bits per heavy atom. The molecule has 0 radical (unpaired) electrons. The summed E-state index contributed by atoms with van der Waals surface area (Å²) >= 11 is 2.07. The zero-order valence-electron chi connectivity index (χ0n) is 13.0. The van der Waals surface area contributed by atoms with Crippen LogP contribution < -0.4 is 5.32 Å². The molecule has 0 spiro atoms. The van der Waals surface area contributed by atoms with Crippen LogP contribution in [0, 0.1) is 0 Å². The van der Waals surface area contributed by atoms with Crippen molar-refractivity contribution in [2.45, 2.75) is 30.7 Å². The van der Waals surface area contributed by atoms with Gasteiger partial charge in [0.2, 0.25) is 0 Å². The number of nitrogens with zero attached hydrogens (tertiary/aromatic N) is 3. The zero-order chi connectivity index (χ0) is 14.8. The molecule has 4 rings (SSSR count). The molecule has 1 atom stereocenters. The monoisotopic (exact) mass is 320 g/mol. The van der Waals surface area contributed by atoms with Crippen LogP contribution in [0.5, 0.6) is 0 Å². The molecule has 120 valence electrons. The van der Waals surface area contributed by atoms with E-state index in [1.807, 2.05) is 12.3 Å². The highest BCUT2D eigenvalue weighted by Crippen LogP contribution is 2.38. The summed E-state index contributed by atoms with van der Waals surface area (Å²) in [6.45, 7) is 4.82. The third-order valence-electron chi connectivity index (χ3n) is 4.98. The number of aromatic nitrogens is 2. The molecule has 0 bridgehead atoms. The minimum Gasteiger partial charge on any atom is -0.379 e. The molecule has 3 aliphatic rings. The Hall–Kier alpha value is -0.850. The smallest absolute Gasteiger partial charge is 0.133 e. The van der Waals surface area contributed by atoms with E-state index < -0.39 is 0 Å². The van der Waals surface area contributed by atoms with E-state index >= 15 is 0 Å². The lowest BCUT2D eigenvalue weighted by Crippen LogP contribution is -2.57. The van der Waals surface area contributed by atoms with Crippen molar-refractivity contribution < 1.29 is 4.74 Å². The SMILES string of the molecule is c1cc(NCC2(N3CCOCC3)CCSC2)nc(C2CC2)n1. The second-order valence-electron chi connectivity index (χ2n) is 6.55. The Kier molecular flexibility index (Phi) is 4.24. The van der Waals surface area contributed by atoms with Gasteiger partial charge < -0.3 is 10.1 Å². The first kappa shape index (κ1) is 14.7. The summed E-state index contributed by atoms with van der Waals surface area (Å²) in [4.78, 5) is 11.7. The quantitative estimate of drug-likeness (QED) is 0.895. The number of thioether (sulfide) groups is 1. The highest BCUT2D eigenvalue weighted by molar-refractivity contribution is 7.99. The lowest BCUT2D eigenvalue weighted by Gasteiger charge is -2.43. The molecular weight excluding hydrogens is 296 g/mol. The number of morpholine rings is 1. The maximum atomic E-state index is 5.53. The number of hydrogen-bond acceptors (Lipinski definition) is 6. The third-order valence-corrected chi connectivity index (χ3v) is 6.21. The maximum Gasteiger partial charge on any atom is 0.133 e. The lowest BCUT2D eigenvalue weighted by atomic mass is 9.95. The molecule has 1 N–H and O–H groups in total. The van der Waals surface area contributed by atoms with Gasteiger partial charge in [-0.2, -0.15) is 11.8 Å². The highest BCUT2D eigenvalue weighted by Gasteiger charge is 2.40. The Morgan fingerprint density at radius 1 is 1.36 bits per heavy atom. The second kappa shape index (κ2) is 6.34. The predicted octanol–water partition coefficient (Wildman–Crippen LogP) is 1.97. The normalized spacial score (nSPS) is 29.6. The van der Waals surface area contributed by atoms with E-state index in [9.17, 15) is 0 Å². The van der Waals surface area contributed by atoms with Gasteiger partial charge in [0.15, 0.2) is 0 Å². The summed E-state index contributed by atoms with van der Waals surface area (Å²) in [6, 6.07) is 2.00. The van der Waals surface area contributed by atoms with Gasteiger partial charge in [0.05, 0.1) is 13.2 Å². The van der Waals surface area contributed by atoms with Gasteiger partial charge >= 0.3 is 0 Å². The van der Waals surface area contributed by atoms with Crippen molar-refractivity contribution in [3.63, 3.8) is 0 Å². The van der Waals surface area contributed by atoms with Gasteiger partial charge in [-0.05, 0) is 31.1 Å². The summed E-state index contributed by atoms with van der Waals surface area (Å²) in [5, 5.41) is 3.60. The Balaban J connectivity index is 1.44. The number of hydrogen-bond donors (Lipinski definition) is 1. The maximum absolute atomic E-state index is 5.53. The molecule has 22 heavy (non-hydrogen) atoms. The highest BCUT2D eigenvalue weighted by atomic mass is 32.2. The largest absolute Gasteiger partial charge is 0.379 e. The van der Waals surface area contributed by atoms with E-state index in [1.165, 1.54) is 30.8 Å². The fourth-order valence-electron chi connectivity index (χ4n) is 3.40. The van der Waals surface area contributed by atoms with Gasteiger partial charge in [-0.3, -0.25) is 4.90 Å². The summed E-state index contributed by atoms with van der Waals surface area (Å²) < 4.78 is 5.53. The first-order valence-electron chi connectivity index (χ1n) is 8.33. The molecular formula is C16H24N4OS. The lowest BCUT2D eigenvalue weighted by molar-refractivity contribution is -0.00922. The molecule has 0 aromatic carbocycles. The number of nitrogens with one attached hydrogen (secondary N) is 1. The minimum atomic E-state index is 0.263. The van der Waals surface area contributed by atoms with Gasteiger partial charge in [0, 0.05) is 43.0 Å². The van der Waals surface area contributed by atoms with Crippen LogP contribution in [-0.4, -0.2) is 64.8 Å². The van der Waals surface area contributed by atoms with Crippen LogP contribution in [0.15, 0.2) is 12.3 Å². The topological polar surface area (TPSA) is 50.3 Å². The first-order valence-corrected chi connectivity index (χ1v) is 9.49. The van der Waals surface area contributed by atoms with Crippen molar-refractivity contribution in [1.29, 1.82) is 0 Å². The van der Waals surface area contributed by atoms with Gasteiger partial charge in [-0.25, -0.2) is 9.97 Å². The molecule has 1 aromatic heterocycles. The third kappa shape index (κ3) is 3.09. The average Bonchev–Trinajstić information content (AvgIpc) is 3.33. The average molecular weight is 320 g/mol. The molecule has 1 aromatic rings. The van der Waals surface area contributed by atoms with Crippen LogP contribution in [0.3, 0.4) is 0 Å². The molecule has 3 fully saturated rings. The second-order valence-corrected chi connectivity index (χ2v) is 7.66. The summed E-state index contributed by atoms with van der Waals surface area (Å²) in [6.07, 6.45) is 5.65. The van der Waals surface area contributed by atoms with Gasteiger partial charge in [0.1, 0.15) is 11.6 Å². The van der Waals surface area contributed by atoms with Crippen molar-refractivity contribution in [2.75, 3.05) is 49.7 Å². The summed E-state index contributed by atoms with van der Waals surface area (Å²) in [5.74, 6) is 5.08. The molecule has 1 aliphatic carbocycles. The standard InChI is InChI=1S/C16H24N4OS/c1-2-13(1)15-17-5-3-14(19-15)18-11-16(4-10-22-12-16)20-6-8-21-9-7-20/h3,5,13H,1-2,4,6-12H2,(H,17,18,19). The Labute approximate surface area is 136 Å². The minimum absolute atomic E-state index is 0.263. The van der Waals surface area contributed by atoms with E-state index in [4.69, 9.17) is 9.72 Å². The number of rotatable bonds is 5. The van der Waals surface area contributed by atoms with Crippen molar-refractivity contribution in [1.82, 2.24) is 14.9 Å². The summed E-state index contributed by atoms with van der Waals surface area (Å²) in [5.41, 5.74) is 0.263. The fourth-order valence-corrected chi connectivity index (χ4v) is 4.88. The van der Waals surface area contributed by atoms with Crippen molar-refractivity contribution >= 4 is 17.6 Å². The van der Waals surface area contributed by atoms with Crippen LogP contribution in [0.2, 0.25) is 0 Å². The summed E-state index contributed by atoms with van der Waals surface area (Å²) in [7, 11) is 0. The molecule has 3 heterocycles. The van der Waals surface area contributed by atoms with Crippen LogP contribution in [-0.2, 0) is 4.74 Å². The zero-order valence-corrected chi connectivity index (χ0v) is 13.8. The van der Waals surface area contributed by atoms with Gasteiger partial charge in [0.25, 0.3) is 0 Å². The van der Waals surface area contributed by atoms with E-state index in [0.29, 0.717) is 5.92 Å². The predicted molar refractivity (Wildman–Crippen MR) is 89.6 cm³/mol. The van der Waals surface area contributed by atoms with Crippen molar-refractivity contribution in [3.8, 4) is 0 Å². The molecule has 1 saturated carbocycles. The molecule has 2 aliphatic heterocycles. The van der Waals surface area contributed by atoms with Gasteiger partial charge in [-0.1, -0.05) is 0 Å². The van der Waals surface area contributed by atoms with Crippen LogP contribution >= 0.6 is 11.8 Å². The van der Waals surface area contributed by atoms with Gasteiger partial charge in [-0.15, -0.1) is 0 Å². The Bertz CT molecular complexity index is 511. The van der Waals surface area contributed by atoms with E-state index in [-0.39, 0.29) is 5.54 Å². The van der Waals surface area contributed by atoms with Crippen molar-refractivity contribution in [3.05, 3.63) is 18.1 Å². The number of anilines is 1. The molecule has 2 saturated heterocycles. The fraction of sp³-hybridized carbons (Fsp3) is 0.750. The molecule has 0 amide bonds. The first-order chi connectivity index (χ1) is 10.9. The van der Waals surface area contributed by atoms with Crippen molar-refractivity contribution in [2.24, 2.45) is 0 Å². The van der Waals surface area contributed by atoms with E-state index in [2.05, 4.69) is 27.0 Å². The number of ether oxygens (including phenoxy) is 1. The molecule has 6 heteroatoms. The van der Waals surface area contributed by atoms with Crippen LogP contribution in [0.1, 0.15) is 31.0 Å². The molecule has 5 nitrogen and oxygen atoms in total.